The van der Waals surface area contributed by atoms with E-state index in [1.54, 1.807) is 12.1 Å². The van der Waals surface area contributed by atoms with E-state index in [2.05, 4.69) is 19.2 Å². The molecule has 0 aliphatic heterocycles. The van der Waals surface area contributed by atoms with Gasteiger partial charge in [0, 0.05) is 12.1 Å². The summed E-state index contributed by atoms with van der Waals surface area (Å²) < 4.78 is 22.4. The zero-order valence-electron chi connectivity index (χ0n) is 11.5. The fourth-order valence-corrected chi connectivity index (χ4v) is 3.27. The fourth-order valence-electron chi connectivity index (χ4n) is 2.75. The van der Waals surface area contributed by atoms with E-state index >= 15 is 0 Å². The van der Waals surface area contributed by atoms with Gasteiger partial charge in [-0.2, -0.15) is 0 Å². The van der Waals surface area contributed by atoms with Gasteiger partial charge in [-0.05, 0) is 49.8 Å². The van der Waals surface area contributed by atoms with E-state index in [0.717, 1.165) is 11.5 Å². The van der Waals surface area contributed by atoms with Crippen LogP contribution in [0.2, 0.25) is 0 Å². The van der Waals surface area contributed by atoms with Crippen LogP contribution in [0.3, 0.4) is 0 Å². The van der Waals surface area contributed by atoms with Gasteiger partial charge in [-0.1, -0.05) is 19.1 Å². The van der Waals surface area contributed by atoms with Gasteiger partial charge in [0.05, 0.1) is 4.90 Å². The van der Waals surface area contributed by atoms with Gasteiger partial charge in [-0.15, -0.1) is 0 Å². The second-order valence-electron chi connectivity index (χ2n) is 5.62. The third kappa shape index (κ3) is 3.78. The van der Waals surface area contributed by atoms with Crippen molar-refractivity contribution < 1.29 is 8.42 Å². The molecule has 0 aromatic heterocycles. The molecule has 19 heavy (non-hydrogen) atoms. The predicted octanol–water partition coefficient (Wildman–Crippen LogP) is 2.17. The van der Waals surface area contributed by atoms with Crippen LogP contribution < -0.4 is 10.5 Å². The Kier molecular flexibility index (Phi) is 4.28. The monoisotopic (exact) mass is 282 g/mol. The molecule has 0 radical (unpaired) electrons. The maximum atomic E-state index is 11.2. The van der Waals surface area contributed by atoms with Crippen LogP contribution >= 0.6 is 0 Å². The number of sulfonamides is 1. The first-order chi connectivity index (χ1) is 8.86. The zero-order chi connectivity index (χ0) is 14.0. The first kappa shape index (κ1) is 14.5. The molecule has 1 aromatic carbocycles. The van der Waals surface area contributed by atoms with Crippen molar-refractivity contribution in [3.63, 3.8) is 0 Å². The minimum Gasteiger partial charge on any atom is -0.307 e. The maximum Gasteiger partial charge on any atom is 0.238 e. The van der Waals surface area contributed by atoms with Crippen molar-refractivity contribution in [2.24, 2.45) is 11.1 Å². The Labute approximate surface area is 115 Å². The average Bonchev–Trinajstić information content (AvgIpc) is 2.74. The lowest BCUT2D eigenvalue weighted by atomic mass is 10.1. The second kappa shape index (κ2) is 5.61. The highest BCUT2D eigenvalue weighted by molar-refractivity contribution is 7.89. The second-order valence-corrected chi connectivity index (χ2v) is 7.18. The molecule has 5 heteroatoms. The maximum absolute atomic E-state index is 11.2. The molecule has 0 amide bonds. The Balaban J connectivity index is 2.01. The molecule has 1 fully saturated rings. The number of hydrogen-bond donors (Lipinski definition) is 2. The number of primary sulfonamides is 1. The Morgan fingerprint density at radius 3 is 2.37 bits per heavy atom. The van der Waals surface area contributed by atoms with Gasteiger partial charge in [0.1, 0.15) is 0 Å². The van der Waals surface area contributed by atoms with Crippen molar-refractivity contribution in [1.82, 2.24) is 5.32 Å². The van der Waals surface area contributed by atoms with E-state index in [1.807, 2.05) is 12.1 Å². The highest BCUT2D eigenvalue weighted by Crippen LogP contribution is 2.27. The molecule has 0 spiro atoms. The summed E-state index contributed by atoms with van der Waals surface area (Å²) in [6.07, 6.45) is 3.73. The summed E-state index contributed by atoms with van der Waals surface area (Å²) in [7, 11) is -3.60. The lowest BCUT2D eigenvalue weighted by Crippen LogP contribution is -2.29. The number of rotatable bonds is 4. The molecule has 0 saturated heterocycles. The van der Waals surface area contributed by atoms with Gasteiger partial charge >= 0.3 is 0 Å². The van der Waals surface area contributed by atoms with Crippen molar-refractivity contribution in [3.8, 4) is 0 Å². The average molecular weight is 282 g/mol. The van der Waals surface area contributed by atoms with Gasteiger partial charge in [0.15, 0.2) is 0 Å². The number of benzene rings is 1. The molecule has 1 aromatic rings. The van der Waals surface area contributed by atoms with Crippen LogP contribution in [0, 0.1) is 5.92 Å². The van der Waals surface area contributed by atoms with E-state index < -0.39 is 10.0 Å². The summed E-state index contributed by atoms with van der Waals surface area (Å²) in [6, 6.07) is 7.60. The molecule has 3 unspecified atom stereocenters. The SMILES string of the molecule is CC1CCC(NC(C)c2ccc(S(N)(=O)=O)cc2)C1. The molecular formula is C14H22N2O2S. The molecule has 1 aliphatic carbocycles. The van der Waals surface area contributed by atoms with Gasteiger partial charge < -0.3 is 5.32 Å². The largest absolute Gasteiger partial charge is 0.307 e. The number of nitrogens with one attached hydrogen (secondary N) is 1. The third-order valence-corrected chi connectivity index (χ3v) is 4.82. The van der Waals surface area contributed by atoms with Crippen LogP contribution in [0.4, 0.5) is 0 Å². The minimum absolute atomic E-state index is 0.165. The van der Waals surface area contributed by atoms with Crippen molar-refractivity contribution in [1.29, 1.82) is 0 Å². The quantitative estimate of drug-likeness (QED) is 0.889. The van der Waals surface area contributed by atoms with Gasteiger partial charge in [-0.3, -0.25) is 0 Å². The van der Waals surface area contributed by atoms with E-state index in [1.165, 1.54) is 19.3 Å². The van der Waals surface area contributed by atoms with Crippen molar-refractivity contribution in [3.05, 3.63) is 29.8 Å². The molecule has 0 heterocycles. The molecule has 106 valence electrons. The first-order valence-corrected chi connectivity index (χ1v) is 8.29. The number of hydrogen-bond acceptors (Lipinski definition) is 3. The summed E-state index contributed by atoms with van der Waals surface area (Å²) in [5.41, 5.74) is 1.09. The summed E-state index contributed by atoms with van der Waals surface area (Å²) in [4.78, 5) is 0.165. The fraction of sp³-hybridized carbons (Fsp3) is 0.571. The Morgan fingerprint density at radius 1 is 1.26 bits per heavy atom. The topological polar surface area (TPSA) is 72.2 Å². The standard InChI is InChI=1S/C14H22N2O2S/c1-10-3-6-13(9-10)16-11(2)12-4-7-14(8-5-12)19(15,17)18/h4-5,7-8,10-11,13,16H,3,6,9H2,1-2H3,(H2,15,17,18). The van der Waals surface area contributed by atoms with Crippen LogP contribution in [-0.4, -0.2) is 14.5 Å². The Morgan fingerprint density at radius 2 is 1.89 bits per heavy atom. The Hall–Kier alpha value is -0.910. The van der Waals surface area contributed by atoms with Crippen molar-refractivity contribution in [2.45, 2.75) is 50.1 Å². The van der Waals surface area contributed by atoms with Crippen LogP contribution in [-0.2, 0) is 10.0 Å². The van der Waals surface area contributed by atoms with Crippen molar-refractivity contribution >= 4 is 10.0 Å². The summed E-state index contributed by atoms with van der Waals surface area (Å²) in [5.74, 6) is 0.800. The van der Waals surface area contributed by atoms with E-state index in [9.17, 15) is 8.42 Å². The first-order valence-electron chi connectivity index (χ1n) is 6.75. The minimum atomic E-state index is -3.60. The van der Waals surface area contributed by atoms with Crippen LogP contribution in [0.15, 0.2) is 29.2 Å². The molecule has 1 saturated carbocycles. The van der Waals surface area contributed by atoms with Gasteiger partial charge in [0.25, 0.3) is 0 Å². The highest BCUT2D eigenvalue weighted by atomic mass is 32.2. The zero-order valence-corrected chi connectivity index (χ0v) is 12.3. The molecule has 2 rings (SSSR count). The molecule has 0 bridgehead atoms. The van der Waals surface area contributed by atoms with Gasteiger partial charge in [-0.25, -0.2) is 13.6 Å². The lowest BCUT2D eigenvalue weighted by Gasteiger charge is -2.20. The van der Waals surface area contributed by atoms with Gasteiger partial charge in [0.2, 0.25) is 10.0 Å². The summed E-state index contributed by atoms with van der Waals surface area (Å²) in [6.45, 7) is 4.39. The van der Waals surface area contributed by atoms with Crippen LogP contribution in [0.1, 0.15) is 44.7 Å². The van der Waals surface area contributed by atoms with E-state index in [0.29, 0.717) is 6.04 Å². The summed E-state index contributed by atoms with van der Waals surface area (Å²) >= 11 is 0. The van der Waals surface area contributed by atoms with E-state index in [-0.39, 0.29) is 10.9 Å². The lowest BCUT2D eigenvalue weighted by molar-refractivity contribution is 0.449. The smallest absolute Gasteiger partial charge is 0.238 e. The third-order valence-electron chi connectivity index (χ3n) is 3.89. The molecule has 3 N–H and O–H groups in total. The molecule has 1 aliphatic rings. The highest BCUT2D eigenvalue weighted by Gasteiger charge is 2.22. The predicted molar refractivity (Wildman–Crippen MR) is 76.2 cm³/mol. The van der Waals surface area contributed by atoms with Crippen LogP contribution in [0.5, 0.6) is 0 Å². The van der Waals surface area contributed by atoms with Crippen molar-refractivity contribution in [2.75, 3.05) is 0 Å². The Bertz CT molecular complexity index is 525. The normalized spacial score (nSPS) is 25.4. The molecular weight excluding hydrogens is 260 g/mol. The van der Waals surface area contributed by atoms with Crippen LogP contribution in [0.25, 0.3) is 0 Å². The molecule has 3 atom stereocenters. The summed E-state index contributed by atoms with van der Waals surface area (Å²) in [5, 5.41) is 8.69. The molecule has 4 nitrogen and oxygen atoms in total. The number of nitrogens with two attached hydrogens (primary N) is 1. The van der Waals surface area contributed by atoms with E-state index in [4.69, 9.17) is 5.14 Å².